The summed E-state index contributed by atoms with van der Waals surface area (Å²) in [7, 11) is -3.34. The van der Waals surface area contributed by atoms with Gasteiger partial charge in [-0.05, 0) is 17.9 Å². The Kier molecular flexibility index (Phi) is 5.71. The first-order chi connectivity index (χ1) is 11.1. The standard InChI is InChI=1S/C18H28N2O3S/c1-15-6-5-7-16(12-15)14-24(22,23)20-10-8-19(9-11-20)17(21)13-18(2,3)4/h5-7,12H,8-11,13-14H2,1-4H3. The highest BCUT2D eigenvalue weighted by atomic mass is 32.2. The average molecular weight is 353 g/mol. The van der Waals surface area contributed by atoms with Crippen molar-refractivity contribution < 1.29 is 13.2 Å². The second kappa shape index (κ2) is 7.23. The van der Waals surface area contributed by atoms with Gasteiger partial charge in [0.1, 0.15) is 0 Å². The van der Waals surface area contributed by atoms with Gasteiger partial charge in [-0.25, -0.2) is 8.42 Å². The van der Waals surface area contributed by atoms with Crippen molar-refractivity contribution in [2.45, 2.75) is 39.9 Å². The molecule has 0 spiro atoms. The van der Waals surface area contributed by atoms with Crippen LogP contribution in [0.3, 0.4) is 0 Å². The first-order valence-corrected chi connectivity index (χ1v) is 9.99. The maximum Gasteiger partial charge on any atom is 0.223 e. The minimum Gasteiger partial charge on any atom is -0.340 e. The number of hydrogen-bond acceptors (Lipinski definition) is 3. The average Bonchev–Trinajstić information content (AvgIpc) is 2.45. The summed E-state index contributed by atoms with van der Waals surface area (Å²) in [5.74, 6) is 0.128. The lowest BCUT2D eigenvalue weighted by molar-refractivity contribution is -0.134. The van der Waals surface area contributed by atoms with Gasteiger partial charge in [0, 0.05) is 32.6 Å². The Hall–Kier alpha value is -1.40. The summed E-state index contributed by atoms with van der Waals surface area (Å²) in [5, 5.41) is 0. The Morgan fingerprint density at radius 2 is 1.75 bits per heavy atom. The van der Waals surface area contributed by atoms with E-state index < -0.39 is 10.0 Å². The van der Waals surface area contributed by atoms with Gasteiger partial charge in [-0.3, -0.25) is 4.79 Å². The van der Waals surface area contributed by atoms with Gasteiger partial charge < -0.3 is 4.90 Å². The topological polar surface area (TPSA) is 57.7 Å². The van der Waals surface area contributed by atoms with Gasteiger partial charge >= 0.3 is 0 Å². The van der Waals surface area contributed by atoms with E-state index in [1.54, 1.807) is 4.90 Å². The molecule has 134 valence electrons. The zero-order valence-corrected chi connectivity index (χ0v) is 15.9. The Bertz CT molecular complexity index is 684. The second-order valence-corrected chi connectivity index (χ2v) is 9.73. The molecule has 0 N–H and O–H groups in total. The van der Waals surface area contributed by atoms with Crippen LogP contribution in [0.5, 0.6) is 0 Å². The SMILES string of the molecule is Cc1cccc(CS(=O)(=O)N2CCN(C(=O)CC(C)(C)C)CC2)c1. The molecule has 6 heteroatoms. The molecule has 24 heavy (non-hydrogen) atoms. The van der Waals surface area contributed by atoms with E-state index in [1.807, 2.05) is 52.0 Å². The van der Waals surface area contributed by atoms with Crippen molar-refractivity contribution >= 4 is 15.9 Å². The third-order valence-electron chi connectivity index (χ3n) is 4.10. The number of hydrogen-bond donors (Lipinski definition) is 0. The van der Waals surface area contributed by atoms with Crippen molar-refractivity contribution in [1.82, 2.24) is 9.21 Å². The highest BCUT2D eigenvalue weighted by molar-refractivity contribution is 7.88. The monoisotopic (exact) mass is 352 g/mol. The number of carbonyl (C=O) groups excluding carboxylic acids is 1. The lowest BCUT2D eigenvalue weighted by atomic mass is 9.91. The van der Waals surface area contributed by atoms with Crippen molar-refractivity contribution in [2.75, 3.05) is 26.2 Å². The summed E-state index contributed by atoms with van der Waals surface area (Å²) in [6, 6.07) is 7.58. The van der Waals surface area contributed by atoms with Crippen LogP contribution in [0.4, 0.5) is 0 Å². The third kappa shape index (κ3) is 5.31. The second-order valence-electron chi connectivity index (χ2n) is 7.76. The first kappa shape index (κ1) is 18.9. The molecule has 1 fully saturated rings. The van der Waals surface area contributed by atoms with Gasteiger partial charge in [0.05, 0.1) is 5.75 Å². The van der Waals surface area contributed by atoms with Crippen molar-refractivity contribution in [2.24, 2.45) is 5.41 Å². The molecular weight excluding hydrogens is 324 g/mol. The van der Waals surface area contributed by atoms with Crippen LogP contribution in [0.1, 0.15) is 38.3 Å². The van der Waals surface area contributed by atoms with Gasteiger partial charge in [-0.1, -0.05) is 50.6 Å². The molecule has 1 aliphatic rings. The summed E-state index contributed by atoms with van der Waals surface area (Å²) in [6.07, 6.45) is 0.489. The number of carbonyl (C=O) groups is 1. The number of benzene rings is 1. The van der Waals surface area contributed by atoms with Crippen LogP contribution in [0.25, 0.3) is 0 Å². The lowest BCUT2D eigenvalue weighted by Gasteiger charge is -2.35. The van der Waals surface area contributed by atoms with Crippen LogP contribution < -0.4 is 0 Å². The van der Waals surface area contributed by atoms with E-state index in [4.69, 9.17) is 0 Å². The largest absolute Gasteiger partial charge is 0.340 e. The van der Waals surface area contributed by atoms with Crippen molar-refractivity contribution in [3.8, 4) is 0 Å². The number of nitrogens with zero attached hydrogens (tertiary/aromatic N) is 2. The molecule has 0 aliphatic carbocycles. The Labute approximate surface area is 145 Å². The first-order valence-electron chi connectivity index (χ1n) is 8.38. The summed E-state index contributed by atoms with van der Waals surface area (Å²) >= 11 is 0. The molecule has 5 nitrogen and oxygen atoms in total. The molecule has 1 saturated heterocycles. The molecule has 1 aromatic rings. The Morgan fingerprint density at radius 1 is 1.12 bits per heavy atom. The number of sulfonamides is 1. The molecule has 2 rings (SSSR count). The summed E-state index contributed by atoms with van der Waals surface area (Å²) in [5.41, 5.74) is 1.81. The number of rotatable bonds is 4. The predicted molar refractivity (Wildman–Crippen MR) is 96.0 cm³/mol. The van der Waals surface area contributed by atoms with Gasteiger partial charge in [-0.15, -0.1) is 0 Å². The quantitative estimate of drug-likeness (QED) is 0.836. The zero-order chi connectivity index (χ0) is 18.0. The van der Waals surface area contributed by atoms with E-state index >= 15 is 0 Å². The van der Waals surface area contributed by atoms with Crippen molar-refractivity contribution in [3.05, 3.63) is 35.4 Å². The summed E-state index contributed by atoms with van der Waals surface area (Å²) in [4.78, 5) is 14.0. The van der Waals surface area contributed by atoms with E-state index in [1.165, 1.54) is 4.31 Å². The van der Waals surface area contributed by atoms with E-state index in [-0.39, 0.29) is 17.1 Å². The summed E-state index contributed by atoms with van der Waals surface area (Å²) in [6.45, 7) is 9.77. The Balaban J connectivity index is 1.94. The normalized spacial score (nSPS) is 17.1. The smallest absolute Gasteiger partial charge is 0.223 e. The summed E-state index contributed by atoms with van der Waals surface area (Å²) < 4.78 is 26.7. The fraction of sp³-hybridized carbons (Fsp3) is 0.611. The number of piperazine rings is 1. The lowest BCUT2D eigenvalue weighted by Crippen LogP contribution is -2.51. The highest BCUT2D eigenvalue weighted by Gasteiger charge is 2.30. The molecule has 0 aromatic heterocycles. The van der Waals surface area contributed by atoms with Crippen LogP contribution in [0, 0.1) is 12.3 Å². The highest BCUT2D eigenvalue weighted by Crippen LogP contribution is 2.21. The molecular formula is C18H28N2O3S. The fourth-order valence-electron chi connectivity index (χ4n) is 2.88. The van der Waals surface area contributed by atoms with Crippen LogP contribution in [0.2, 0.25) is 0 Å². The third-order valence-corrected chi connectivity index (χ3v) is 5.95. The van der Waals surface area contributed by atoms with Gasteiger partial charge in [0.25, 0.3) is 0 Å². The molecule has 0 bridgehead atoms. The fourth-order valence-corrected chi connectivity index (χ4v) is 4.39. The minimum absolute atomic E-state index is 0.0185. The van der Waals surface area contributed by atoms with Crippen molar-refractivity contribution in [3.63, 3.8) is 0 Å². The maximum atomic E-state index is 12.6. The van der Waals surface area contributed by atoms with Gasteiger partial charge in [-0.2, -0.15) is 4.31 Å². The Morgan fingerprint density at radius 3 is 2.29 bits per heavy atom. The number of amides is 1. The molecule has 1 amide bonds. The molecule has 1 aromatic carbocycles. The molecule has 1 aliphatic heterocycles. The van der Waals surface area contributed by atoms with Crippen LogP contribution in [0.15, 0.2) is 24.3 Å². The van der Waals surface area contributed by atoms with Crippen molar-refractivity contribution in [1.29, 1.82) is 0 Å². The van der Waals surface area contributed by atoms with Crippen LogP contribution >= 0.6 is 0 Å². The van der Waals surface area contributed by atoms with Crippen LogP contribution in [-0.2, 0) is 20.6 Å². The van der Waals surface area contributed by atoms with E-state index in [2.05, 4.69) is 0 Å². The van der Waals surface area contributed by atoms with E-state index in [0.717, 1.165) is 11.1 Å². The van der Waals surface area contributed by atoms with E-state index in [9.17, 15) is 13.2 Å². The molecule has 0 atom stereocenters. The van der Waals surface area contributed by atoms with E-state index in [0.29, 0.717) is 32.6 Å². The van der Waals surface area contributed by atoms with Gasteiger partial charge in [0.15, 0.2) is 0 Å². The maximum absolute atomic E-state index is 12.6. The van der Waals surface area contributed by atoms with Crippen LogP contribution in [-0.4, -0.2) is 49.7 Å². The molecule has 0 unspecified atom stereocenters. The molecule has 1 heterocycles. The molecule has 0 radical (unpaired) electrons. The van der Waals surface area contributed by atoms with Gasteiger partial charge in [0.2, 0.25) is 15.9 Å². The molecule has 0 saturated carbocycles. The zero-order valence-electron chi connectivity index (χ0n) is 15.1. The predicted octanol–water partition coefficient (Wildman–Crippen LogP) is 2.41. The minimum atomic E-state index is -3.34. The number of aryl methyl sites for hydroxylation is 1.